The molecule has 0 atom stereocenters. The van der Waals surface area contributed by atoms with Crippen molar-refractivity contribution in [3.8, 4) is 5.75 Å². The highest BCUT2D eigenvalue weighted by Crippen LogP contribution is 2.28. The molecule has 5 heteroatoms. The number of carbonyl (C=O) groups excluding carboxylic acids is 1. The normalized spacial score (nSPS) is 16.1. The Labute approximate surface area is 121 Å². The number of benzene rings is 1. The minimum Gasteiger partial charge on any atom is -0.508 e. The fourth-order valence-corrected chi connectivity index (χ4v) is 3.06. The lowest BCUT2D eigenvalue weighted by molar-refractivity contribution is -0.119. The zero-order valence-electron chi connectivity index (χ0n) is 10.8. The molecule has 1 aromatic carbocycles. The number of hydrogen-bond donors (Lipinski definition) is 2. The molecule has 1 aliphatic rings. The first kappa shape index (κ1) is 14.3. The van der Waals surface area contributed by atoms with E-state index in [9.17, 15) is 9.90 Å². The Bertz CT molecular complexity index is 459. The zero-order valence-corrected chi connectivity index (χ0v) is 12.4. The van der Waals surface area contributed by atoms with Crippen molar-refractivity contribution in [3.05, 3.63) is 28.2 Å². The van der Waals surface area contributed by atoms with Crippen molar-refractivity contribution in [2.24, 2.45) is 5.73 Å². The highest BCUT2D eigenvalue weighted by molar-refractivity contribution is 9.10. The van der Waals surface area contributed by atoms with Crippen molar-refractivity contribution in [2.45, 2.75) is 38.3 Å². The first-order chi connectivity index (χ1) is 9.06. The van der Waals surface area contributed by atoms with Gasteiger partial charge in [0.1, 0.15) is 5.75 Å². The molecule has 19 heavy (non-hydrogen) atoms. The van der Waals surface area contributed by atoms with Gasteiger partial charge in [-0.3, -0.25) is 9.69 Å². The first-order valence-corrected chi connectivity index (χ1v) is 7.35. The van der Waals surface area contributed by atoms with Crippen molar-refractivity contribution in [2.75, 3.05) is 6.54 Å². The molecule has 1 aliphatic carbocycles. The lowest BCUT2D eigenvalue weighted by Gasteiger charge is -2.28. The summed E-state index contributed by atoms with van der Waals surface area (Å²) in [7, 11) is 0. The van der Waals surface area contributed by atoms with Crippen LogP contribution >= 0.6 is 15.9 Å². The highest BCUT2D eigenvalue weighted by Gasteiger charge is 2.24. The third-order valence-corrected chi connectivity index (χ3v) is 4.38. The molecule has 1 aromatic rings. The smallest absolute Gasteiger partial charge is 0.231 e. The van der Waals surface area contributed by atoms with Crippen LogP contribution in [0, 0.1) is 0 Å². The summed E-state index contributed by atoms with van der Waals surface area (Å²) in [5, 5.41) is 9.57. The van der Waals surface area contributed by atoms with Crippen LogP contribution in [0.3, 0.4) is 0 Å². The summed E-state index contributed by atoms with van der Waals surface area (Å²) in [6, 6.07) is 5.61. The van der Waals surface area contributed by atoms with Crippen LogP contribution in [0.15, 0.2) is 22.7 Å². The Morgan fingerprint density at radius 3 is 2.74 bits per heavy atom. The molecule has 0 spiro atoms. The fourth-order valence-electron chi connectivity index (χ4n) is 2.68. The standard InChI is InChI=1S/C14H19BrN2O2/c15-13-6-5-12(18)7-10(13)8-17(9-14(16)19)11-3-1-2-4-11/h5-7,11,18H,1-4,8-9H2,(H2,16,19). The third-order valence-electron chi connectivity index (χ3n) is 3.60. The molecule has 4 nitrogen and oxygen atoms in total. The van der Waals surface area contributed by atoms with Crippen molar-refractivity contribution in [3.63, 3.8) is 0 Å². The molecule has 0 aromatic heterocycles. The Morgan fingerprint density at radius 1 is 1.42 bits per heavy atom. The fraction of sp³-hybridized carbons (Fsp3) is 0.500. The van der Waals surface area contributed by atoms with Gasteiger partial charge >= 0.3 is 0 Å². The van der Waals surface area contributed by atoms with Crippen LogP contribution in [-0.4, -0.2) is 28.5 Å². The predicted octanol–water partition coefficient (Wildman–Crippen LogP) is 2.38. The third kappa shape index (κ3) is 3.94. The first-order valence-electron chi connectivity index (χ1n) is 6.56. The van der Waals surface area contributed by atoms with E-state index in [-0.39, 0.29) is 18.2 Å². The van der Waals surface area contributed by atoms with E-state index in [2.05, 4.69) is 20.8 Å². The van der Waals surface area contributed by atoms with Gasteiger partial charge in [0.05, 0.1) is 6.54 Å². The molecule has 0 unspecified atom stereocenters. The number of phenolic OH excluding ortho intramolecular Hbond substituents is 1. The number of amides is 1. The van der Waals surface area contributed by atoms with Crippen LogP contribution in [-0.2, 0) is 11.3 Å². The van der Waals surface area contributed by atoms with Gasteiger partial charge in [-0.2, -0.15) is 0 Å². The summed E-state index contributed by atoms with van der Waals surface area (Å²) in [6.45, 7) is 0.898. The van der Waals surface area contributed by atoms with Crippen LogP contribution in [0.5, 0.6) is 5.75 Å². The molecular formula is C14H19BrN2O2. The number of hydrogen-bond acceptors (Lipinski definition) is 3. The number of primary amides is 1. The minimum absolute atomic E-state index is 0.239. The topological polar surface area (TPSA) is 66.6 Å². The second kappa shape index (κ2) is 6.39. The van der Waals surface area contributed by atoms with E-state index in [1.54, 1.807) is 12.1 Å². The quantitative estimate of drug-likeness (QED) is 0.873. The largest absolute Gasteiger partial charge is 0.508 e. The van der Waals surface area contributed by atoms with Gasteiger partial charge in [-0.05, 0) is 36.6 Å². The number of aromatic hydroxyl groups is 1. The minimum atomic E-state index is -0.303. The van der Waals surface area contributed by atoms with Crippen LogP contribution in [0.1, 0.15) is 31.2 Å². The SMILES string of the molecule is NC(=O)CN(Cc1cc(O)ccc1Br)C1CCCC1. The Hall–Kier alpha value is -1.07. The second-order valence-electron chi connectivity index (χ2n) is 5.09. The highest BCUT2D eigenvalue weighted by atomic mass is 79.9. The van der Waals surface area contributed by atoms with Gasteiger partial charge < -0.3 is 10.8 Å². The van der Waals surface area contributed by atoms with Crippen molar-refractivity contribution in [1.29, 1.82) is 0 Å². The van der Waals surface area contributed by atoms with E-state index < -0.39 is 0 Å². The van der Waals surface area contributed by atoms with Crippen molar-refractivity contribution < 1.29 is 9.90 Å². The number of rotatable bonds is 5. The number of nitrogens with two attached hydrogens (primary N) is 1. The van der Waals surface area contributed by atoms with Crippen molar-refractivity contribution in [1.82, 2.24) is 4.90 Å². The molecule has 1 fully saturated rings. The molecule has 1 saturated carbocycles. The van der Waals surface area contributed by atoms with Crippen molar-refractivity contribution >= 4 is 21.8 Å². The van der Waals surface area contributed by atoms with E-state index in [0.29, 0.717) is 12.6 Å². The van der Waals surface area contributed by atoms with Gasteiger partial charge in [0.25, 0.3) is 0 Å². The van der Waals surface area contributed by atoms with Gasteiger partial charge in [-0.1, -0.05) is 28.8 Å². The maximum absolute atomic E-state index is 11.2. The molecule has 0 bridgehead atoms. The zero-order chi connectivity index (χ0) is 13.8. The van der Waals surface area contributed by atoms with Gasteiger partial charge in [-0.15, -0.1) is 0 Å². The maximum atomic E-state index is 11.2. The summed E-state index contributed by atoms with van der Waals surface area (Å²) in [5.41, 5.74) is 6.32. The summed E-state index contributed by atoms with van der Waals surface area (Å²) in [4.78, 5) is 13.3. The van der Waals surface area contributed by atoms with Gasteiger partial charge in [-0.25, -0.2) is 0 Å². The molecular weight excluding hydrogens is 308 g/mol. The number of nitrogens with zero attached hydrogens (tertiary/aromatic N) is 1. The Balaban J connectivity index is 2.14. The number of halogens is 1. The number of phenols is 1. The maximum Gasteiger partial charge on any atom is 0.231 e. The second-order valence-corrected chi connectivity index (χ2v) is 5.94. The molecule has 0 aliphatic heterocycles. The van der Waals surface area contributed by atoms with Gasteiger partial charge in [0.15, 0.2) is 0 Å². The average Bonchev–Trinajstić information content (AvgIpc) is 2.86. The average molecular weight is 327 g/mol. The van der Waals surface area contributed by atoms with Crippen LogP contribution in [0.2, 0.25) is 0 Å². The van der Waals surface area contributed by atoms with Gasteiger partial charge in [0.2, 0.25) is 5.91 Å². The predicted molar refractivity (Wildman–Crippen MR) is 77.7 cm³/mol. The molecule has 104 valence electrons. The summed E-state index contributed by atoms with van der Waals surface area (Å²) in [6.07, 6.45) is 4.65. The monoisotopic (exact) mass is 326 g/mol. The molecule has 3 N–H and O–H groups in total. The Kier molecular flexibility index (Phi) is 4.82. The van der Waals surface area contributed by atoms with E-state index in [4.69, 9.17) is 5.73 Å². The lowest BCUT2D eigenvalue weighted by atomic mass is 10.1. The molecule has 1 amide bonds. The van der Waals surface area contributed by atoms with Gasteiger partial charge in [0, 0.05) is 17.1 Å². The van der Waals surface area contributed by atoms with E-state index >= 15 is 0 Å². The molecule has 0 radical (unpaired) electrons. The van der Waals surface area contributed by atoms with E-state index in [0.717, 1.165) is 22.9 Å². The van der Waals surface area contributed by atoms with Crippen LogP contribution < -0.4 is 5.73 Å². The van der Waals surface area contributed by atoms with Crippen LogP contribution in [0.25, 0.3) is 0 Å². The summed E-state index contributed by atoms with van der Waals surface area (Å²) in [5.74, 6) is -0.0631. The molecule has 2 rings (SSSR count). The van der Waals surface area contributed by atoms with E-state index in [1.807, 2.05) is 6.07 Å². The van der Waals surface area contributed by atoms with E-state index in [1.165, 1.54) is 12.8 Å². The molecule has 0 saturated heterocycles. The number of carbonyl (C=O) groups is 1. The van der Waals surface area contributed by atoms with Crippen LogP contribution in [0.4, 0.5) is 0 Å². The summed E-state index contributed by atoms with van der Waals surface area (Å²) < 4.78 is 0.942. The Morgan fingerprint density at radius 2 is 2.11 bits per heavy atom. The summed E-state index contributed by atoms with van der Waals surface area (Å²) >= 11 is 3.48. The molecule has 0 heterocycles. The lowest BCUT2D eigenvalue weighted by Crippen LogP contribution is -2.39.